The monoisotopic (exact) mass is 344 g/mol. The molecule has 2 aromatic rings. The van der Waals surface area contributed by atoms with Gasteiger partial charge >= 0.3 is 0 Å². The lowest BCUT2D eigenvalue weighted by Crippen LogP contribution is -2.20. The van der Waals surface area contributed by atoms with Crippen molar-refractivity contribution in [3.05, 3.63) is 65.2 Å². The molecule has 3 rings (SSSR count). The number of rotatable bonds is 5. The number of aryl methyl sites for hydroxylation is 1. The van der Waals surface area contributed by atoms with Crippen molar-refractivity contribution in [2.45, 2.75) is 32.3 Å². The number of benzene rings is 2. The summed E-state index contributed by atoms with van der Waals surface area (Å²) in [6.45, 7) is 2.20. The molecule has 1 heterocycles. The van der Waals surface area contributed by atoms with Crippen molar-refractivity contribution in [2.24, 2.45) is 5.92 Å². The molecule has 2 atom stereocenters. The van der Waals surface area contributed by atoms with Gasteiger partial charge in [0, 0.05) is 11.8 Å². The van der Waals surface area contributed by atoms with Crippen LogP contribution in [0.4, 0.5) is 0 Å². The molecular weight excluding hydrogens is 324 g/mol. The lowest BCUT2D eigenvalue weighted by Gasteiger charge is -2.19. The van der Waals surface area contributed by atoms with E-state index in [0.717, 1.165) is 30.3 Å². The molecule has 1 aliphatic rings. The first-order valence-corrected chi connectivity index (χ1v) is 8.73. The summed E-state index contributed by atoms with van der Waals surface area (Å²) in [6.07, 6.45) is 3.60. The summed E-state index contributed by atoms with van der Waals surface area (Å²) in [5, 5.41) is 1.03. The van der Waals surface area contributed by atoms with Crippen LogP contribution >= 0.6 is 15.9 Å². The van der Waals surface area contributed by atoms with Crippen molar-refractivity contribution < 1.29 is 4.74 Å². The van der Waals surface area contributed by atoms with Gasteiger partial charge in [-0.15, -0.1) is 0 Å². The summed E-state index contributed by atoms with van der Waals surface area (Å²) in [5.74, 6) is 1.69. The van der Waals surface area contributed by atoms with E-state index in [1.54, 1.807) is 0 Å². The maximum Gasteiger partial charge on any atom is 0.123 e. The molecule has 0 spiro atoms. The molecule has 110 valence electrons. The molecule has 0 saturated carbocycles. The van der Waals surface area contributed by atoms with Gasteiger partial charge in [-0.05, 0) is 48.4 Å². The molecule has 0 fully saturated rings. The van der Waals surface area contributed by atoms with Gasteiger partial charge in [0.2, 0.25) is 0 Å². The summed E-state index contributed by atoms with van der Waals surface area (Å²) >= 11 is 3.68. The minimum atomic E-state index is 0.328. The number of halogens is 1. The summed E-state index contributed by atoms with van der Waals surface area (Å²) in [7, 11) is 0. The van der Waals surface area contributed by atoms with Gasteiger partial charge in [0.15, 0.2) is 0 Å². The topological polar surface area (TPSA) is 9.23 Å². The number of hydrogen-bond acceptors (Lipinski definition) is 1. The second-order valence-electron chi connectivity index (χ2n) is 5.94. The van der Waals surface area contributed by atoms with Crippen LogP contribution in [-0.2, 0) is 12.8 Å². The van der Waals surface area contributed by atoms with Crippen molar-refractivity contribution in [3.8, 4) is 5.75 Å². The summed E-state index contributed by atoms with van der Waals surface area (Å²) in [5.41, 5.74) is 4.20. The number of para-hydroxylation sites is 1. The van der Waals surface area contributed by atoms with Crippen LogP contribution in [0.1, 0.15) is 23.1 Å². The zero-order valence-corrected chi connectivity index (χ0v) is 14.0. The van der Waals surface area contributed by atoms with Gasteiger partial charge in [0.05, 0.1) is 0 Å². The molecule has 2 aromatic carbocycles. The van der Waals surface area contributed by atoms with Crippen molar-refractivity contribution >= 4 is 15.9 Å². The van der Waals surface area contributed by atoms with Crippen molar-refractivity contribution in [3.63, 3.8) is 0 Å². The van der Waals surface area contributed by atoms with Crippen LogP contribution in [0.2, 0.25) is 0 Å². The largest absolute Gasteiger partial charge is 0.490 e. The molecule has 0 bridgehead atoms. The Morgan fingerprint density at radius 2 is 1.90 bits per heavy atom. The highest BCUT2D eigenvalue weighted by Crippen LogP contribution is 2.32. The Kier molecular flexibility index (Phi) is 4.64. The molecule has 0 radical (unpaired) electrons. The lowest BCUT2D eigenvalue weighted by molar-refractivity contribution is 0.199. The third-order valence-electron chi connectivity index (χ3n) is 4.30. The Morgan fingerprint density at radius 3 is 2.67 bits per heavy atom. The van der Waals surface area contributed by atoms with Gasteiger partial charge in [-0.25, -0.2) is 0 Å². The van der Waals surface area contributed by atoms with Gasteiger partial charge in [-0.3, -0.25) is 0 Å². The SMILES string of the molecule is Cc1ccccc1CC(CBr)CC1Cc2ccccc2O1. The number of hydrogen-bond donors (Lipinski definition) is 0. The van der Waals surface area contributed by atoms with E-state index in [1.807, 2.05) is 0 Å². The quantitative estimate of drug-likeness (QED) is 0.698. The minimum absolute atomic E-state index is 0.328. The Hall–Kier alpha value is -1.28. The average Bonchev–Trinajstić information content (AvgIpc) is 2.91. The molecule has 0 N–H and O–H groups in total. The molecule has 2 heteroatoms. The zero-order chi connectivity index (χ0) is 14.7. The van der Waals surface area contributed by atoms with E-state index in [0.29, 0.717) is 12.0 Å². The van der Waals surface area contributed by atoms with Crippen LogP contribution in [0.25, 0.3) is 0 Å². The van der Waals surface area contributed by atoms with E-state index in [2.05, 4.69) is 71.4 Å². The van der Waals surface area contributed by atoms with E-state index < -0.39 is 0 Å². The molecule has 1 nitrogen and oxygen atoms in total. The highest BCUT2D eigenvalue weighted by Gasteiger charge is 2.25. The van der Waals surface area contributed by atoms with E-state index in [1.165, 1.54) is 16.7 Å². The molecule has 0 aliphatic carbocycles. The summed E-state index contributed by atoms with van der Waals surface area (Å²) in [4.78, 5) is 0. The first kappa shape index (κ1) is 14.6. The molecule has 2 unspecified atom stereocenters. The van der Waals surface area contributed by atoms with E-state index in [4.69, 9.17) is 4.74 Å². The van der Waals surface area contributed by atoms with E-state index >= 15 is 0 Å². The standard InChI is InChI=1S/C19H21BrO/c1-14-6-2-3-7-16(14)10-15(13-20)11-18-12-17-8-4-5-9-19(17)21-18/h2-9,15,18H,10-13H2,1H3. The average molecular weight is 345 g/mol. The van der Waals surface area contributed by atoms with Crippen LogP contribution in [0.3, 0.4) is 0 Å². The molecule has 0 aromatic heterocycles. The second-order valence-corrected chi connectivity index (χ2v) is 6.59. The van der Waals surface area contributed by atoms with Crippen molar-refractivity contribution in [1.82, 2.24) is 0 Å². The van der Waals surface area contributed by atoms with Gasteiger partial charge in [0.1, 0.15) is 11.9 Å². The molecule has 0 amide bonds. The van der Waals surface area contributed by atoms with Gasteiger partial charge in [0.25, 0.3) is 0 Å². The highest BCUT2D eigenvalue weighted by atomic mass is 79.9. The van der Waals surface area contributed by atoms with E-state index in [9.17, 15) is 0 Å². The summed E-state index contributed by atoms with van der Waals surface area (Å²) in [6, 6.07) is 17.1. The summed E-state index contributed by atoms with van der Waals surface area (Å²) < 4.78 is 6.09. The van der Waals surface area contributed by atoms with Crippen LogP contribution in [0.5, 0.6) is 5.75 Å². The lowest BCUT2D eigenvalue weighted by atomic mass is 9.92. The fourth-order valence-corrected chi connectivity index (χ4v) is 3.60. The van der Waals surface area contributed by atoms with Crippen molar-refractivity contribution in [2.75, 3.05) is 5.33 Å². The molecular formula is C19H21BrO. The Bertz CT molecular complexity index is 583. The predicted molar refractivity (Wildman–Crippen MR) is 91.3 cm³/mol. The smallest absolute Gasteiger partial charge is 0.123 e. The van der Waals surface area contributed by atoms with Crippen LogP contribution in [0.15, 0.2) is 48.5 Å². The van der Waals surface area contributed by atoms with Gasteiger partial charge < -0.3 is 4.74 Å². The van der Waals surface area contributed by atoms with E-state index in [-0.39, 0.29) is 0 Å². The van der Waals surface area contributed by atoms with Crippen molar-refractivity contribution in [1.29, 1.82) is 0 Å². The first-order valence-electron chi connectivity index (χ1n) is 7.61. The number of alkyl halides is 1. The van der Waals surface area contributed by atoms with Gasteiger partial charge in [-0.2, -0.15) is 0 Å². The third kappa shape index (κ3) is 3.49. The van der Waals surface area contributed by atoms with Crippen LogP contribution in [0, 0.1) is 12.8 Å². The zero-order valence-electron chi connectivity index (χ0n) is 12.4. The Morgan fingerprint density at radius 1 is 1.14 bits per heavy atom. The fourth-order valence-electron chi connectivity index (χ4n) is 3.11. The number of ether oxygens (including phenoxy) is 1. The Labute approximate surface area is 135 Å². The first-order chi connectivity index (χ1) is 10.3. The minimum Gasteiger partial charge on any atom is -0.490 e. The fraction of sp³-hybridized carbons (Fsp3) is 0.368. The normalized spacial score (nSPS) is 18.1. The maximum absolute atomic E-state index is 6.09. The van der Waals surface area contributed by atoms with Crippen LogP contribution < -0.4 is 4.74 Å². The molecule has 21 heavy (non-hydrogen) atoms. The Balaban J connectivity index is 1.63. The number of fused-ring (bicyclic) bond motifs is 1. The predicted octanol–water partition coefficient (Wildman–Crippen LogP) is 4.94. The second kappa shape index (κ2) is 6.65. The van der Waals surface area contributed by atoms with Crippen LogP contribution in [-0.4, -0.2) is 11.4 Å². The molecule has 1 aliphatic heterocycles. The highest BCUT2D eigenvalue weighted by molar-refractivity contribution is 9.09. The third-order valence-corrected chi connectivity index (χ3v) is 5.21. The maximum atomic E-state index is 6.09. The molecule has 0 saturated heterocycles. The van der Waals surface area contributed by atoms with Gasteiger partial charge in [-0.1, -0.05) is 58.4 Å².